The highest BCUT2D eigenvalue weighted by molar-refractivity contribution is 7.14. The van der Waals surface area contributed by atoms with Crippen LogP contribution in [0.2, 0.25) is 0 Å². The van der Waals surface area contributed by atoms with E-state index in [1.807, 2.05) is 18.2 Å². The number of hydrogen-bond acceptors (Lipinski definition) is 6. The zero-order chi connectivity index (χ0) is 14.7. The van der Waals surface area contributed by atoms with E-state index in [0.29, 0.717) is 23.7 Å². The normalized spacial score (nSPS) is 10.8. The summed E-state index contributed by atoms with van der Waals surface area (Å²) in [6.07, 6.45) is 1.52. The summed E-state index contributed by atoms with van der Waals surface area (Å²) in [7, 11) is -1.48. The Balaban J connectivity index is 1.68. The van der Waals surface area contributed by atoms with Gasteiger partial charge in [0.05, 0.1) is 4.88 Å². The fraction of sp³-hybridized carbons (Fsp3) is 0.143. The number of hydrogen-bond donors (Lipinski definition) is 2. The summed E-state index contributed by atoms with van der Waals surface area (Å²) >= 11 is 1.34. The highest BCUT2D eigenvalue weighted by atomic mass is 32.1. The summed E-state index contributed by atoms with van der Waals surface area (Å²) in [6.45, 7) is 0. The second-order valence-corrected chi connectivity index (χ2v) is 5.52. The topological polar surface area (TPSA) is 79.4 Å². The molecule has 0 aliphatic carbocycles. The molecular weight excluding hydrogens is 287 g/mol. The van der Waals surface area contributed by atoms with Crippen molar-refractivity contribution in [2.24, 2.45) is 0 Å². The Bertz CT molecular complexity index is 712. The van der Waals surface area contributed by atoms with Gasteiger partial charge in [-0.2, -0.15) is 0 Å². The average molecular weight is 300 g/mol. The van der Waals surface area contributed by atoms with Gasteiger partial charge in [0.1, 0.15) is 0 Å². The van der Waals surface area contributed by atoms with E-state index in [4.69, 9.17) is 14.5 Å². The van der Waals surface area contributed by atoms with Gasteiger partial charge in [-0.3, -0.25) is 0 Å². The minimum Gasteiger partial charge on any atom is -0.423 e. The van der Waals surface area contributed by atoms with Gasteiger partial charge in [0.25, 0.3) is 5.89 Å². The number of rotatable bonds is 5. The Labute approximate surface area is 126 Å². The number of nitrogens with zero attached hydrogens (tertiary/aromatic N) is 2. The largest absolute Gasteiger partial charge is 0.489 e. The quantitative estimate of drug-likeness (QED) is 0.694. The van der Waals surface area contributed by atoms with Crippen molar-refractivity contribution in [3.8, 4) is 10.8 Å². The van der Waals surface area contributed by atoms with Gasteiger partial charge in [0.15, 0.2) is 0 Å². The highest BCUT2D eigenvalue weighted by Gasteiger charge is 2.16. The maximum absolute atomic E-state index is 9.10. The molecule has 0 unspecified atom stereocenters. The Morgan fingerprint density at radius 1 is 1.10 bits per heavy atom. The lowest BCUT2D eigenvalue weighted by molar-refractivity contribution is 0.426. The molecule has 1 aromatic carbocycles. The lowest BCUT2D eigenvalue weighted by Gasteiger charge is -1.96. The van der Waals surface area contributed by atoms with Crippen LogP contribution in [0.4, 0.5) is 0 Å². The third-order valence-corrected chi connectivity index (χ3v) is 4.00. The smallest absolute Gasteiger partial charge is 0.423 e. The first-order valence-electron chi connectivity index (χ1n) is 6.53. The van der Waals surface area contributed by atoms with Crippen LogP contribution >= 0.6 is 11.3 Å². The van der Waals surface area contributed by atoms with E-state index in [1.54, 1.807) is 11.4 Å². The van der Waals surface area contributed by atoms with Crippen LogP contribution in [0.15, 0.2) is 46.2 Å². The molecule has 21 heavy (non-hydrogen) atoms. The summed E-state index contributed by atoms with van der Waals surface area (Å²) in [5.74, 6) is 0.989. The van der Waals surface area contributed by atoms with Crippen LogP contribution in [0.25, 0.3) is 10.8 Å². The lowest BCUT2D eigenvalue weighted by Crippen LogP contribution is -2.27. The molecule has 2 N–H and O–H groups in total. The minimum atomic E-state index is -1.48. The Kier molecular flexibility index (Phi) is 4.14. The molecule has 7 heteroatoms. The van der Waals surface area contributed by atoms with Gasteiger partial charge in [0.2, 0.25) is 5.89 Å². The van der Waals surface area contributed by atoms with Gasteiger partial charge in [0, 0.05) is 6.42 Å². The van der Waals surface area contributed by atoms with E-state index in [9.17, 15) is 0 Å². The summed E-state index contributed by atoms with van der Waals surface area (Å²) in [5.41, 5.74) is 1.65. The first-order valence-corrected chi connectivity index (χ1v) is 7.41. The number of thiophene rings is 1. The molecule has 106 valence electrons. The van der Waals surface area contributed by atoms with Crippen molar-refractivity contribution in [2.45, 2.75) is 12.8 Å². The molecule has 0 aliphatic heterocycles. The van der Waals surface area contributed by atoms with Crippen LogP contribution in [-0.2, 0) is 12.8 Å². The maximum Gasteiger partial charge on any atom is 0.489 e. The zero-order valence-corrected chi connectivity index (χ0v) is 12.0. The summed E-state index contributed by atoms with van der Waals surface area (Å²) in [4.78, 5) is 0.733. The van der Waals surface area contributed by atoms with Gasteiger partial charge in [-0.05, 0) is 28.9 Å². The molecule has 2 heterocycles. The fourth-order valence-electron chi connectivity index (χ4n) is 1.95. The van der Waals surface area contributed by atoms with Crippen molar-refractivity contribution < 1.29 is 14.5 Å². The second kappa shape index (κ2) is 6.21. The Morgan fingerprint density at radius 3 is 2.62 bits per heavy atom. The first-order chi connectivity index (χ1) is 10.2. The van der Waals surface area contributed by atoms with E-state index >= 15 is 0 Å². The summed E-state index contributed by atoms with van der Waals surface area (Å²) < 4.78 is 5.61. The van der Waals surface area contributed by atoms with Crippen LogP contribution in [0.3, 0.4) is 0 Å². The van der Waals surface area contributed by atoms with Gasteiger partial charge in [-0.1, -0.05) is 30.3 Å². The van der Waals surface area contributed by atoms with E-state index in [2.05, 4.69) is 22.3 Å². The Morgan fingerprint density at radius 2 is 1.90 bits per heavy atom. The monoisotopic (exact) mass is 300 g/mol. The van der Waals surface area contributed by atoms with Crippen molar-refractivity contribution in [1.82, 2.24) is 10.2 Å². The maximum atomic E-state index is 9.10. The van der Waals surface area contributed by atoms with Gasteiger partial charge in [-0.15, -0.1) is 21.5 Å². The molecular formula is C14H13BN2O3S. The molecule has 2 aromatic heterocycles. The van der Waals surface area contributed by atoms with E-state index in [0.717, 1.165) is 11.3 Å². The molecule has 5 nitrogen and oxygen atoms in total. The molecule has 3 aromatic rings. The molecule has 0 bridgehead atoms. The van der Waals surface area contributed by atoms with Gasteiger partial charge < -0.3 is 14.5 Å². The number of aromatic nitrogens is 2. The Hall–Kier alpha value is -1.96. The predicted molar refractivity (Wildman–Crippen MR) is 81.3 cm³/mol. The molecule has 0 saturated carbocycles. The van der Waals surface area contributed by atoms with Crippen molar-refractivity contribution in [3.63, 3.8) is 0 Å². The molecule has 0 amide bonds. The third kappa shape index (κ3) is 3.39. The second-order valence-electron chi connectivity index (χ2n) is 4.60. The van der Waals surface area contributed by atoms with Gasteiger partial charge in [-0.25, -0.2) is 0 Å². The SMILES string of the molecule is OB(O)c1csc(-c2nnc(CCc3ccccc3)o2)c1. The van der Waals surface area contributed by atoms with Crippen molar-refractivity contribution in [3.05, 3.63) is 53.2 Å². The van der Waals surface area contributed by atoms with Crippen molar-refractivity contribution >= 4 is 23.9 Å². The van der Waals surface area contributed by atoms with E-state index in [1.165, 1.54) is 16.9 Å². The zero-order valence-electron chi connectivity index (χ0n) is 11.1. The molecule has 3 rings (SSSR count). The van der Waals surface area contributed by atoms with Crippen LogP contribution in [-0.4, -0.2) is 27.4 Å². The van der Waals surface area contributed by atoms with Crippen molar-refractivity contribution in [2.75, 3.05) is 0 Å². The molecule has 0 aliphatic rings. The predicted octanol–water partition coefficient (Wildman–Crippen LogP) is 1.26. The van der Waals surface area contributed by atoms with Crippen LogP contribution in [0, 0.1) is 0 Å². The minimum absolute atomic E-state index is 0.412. The van der Waals surface area contributed by atoms with Crippen LogP contribution in [0.1, 0.15) is 11.5 Å². The van der Waals surface area contributed by atoms with E-state index in [-0.39, 0.29) is 0 Å². The van der Waals surface area contributed by atoms with Crippen LogP contribution in [0.5, 0.6) is 0 Å². The standard InChI is InChI=1S/C14H13BN2O3S/c18-15(19)11-8-12(21-9-11)14-17-16-13(20-14)7-6-10-4-2-1-3-5-10/h1-5,8-9,18-19H,6-7H2. The van der Waals surface area contributed by atoms with Crippen LogP contribution < -0.4 is 5.46 Å². The molecule has 0 fully saturated rings. The average Bonchev–Trinajstić information content (AvgIpc) is 3.15. The molecule has 0 atom stereocenters. The molecule has 0 saturated heterocycles. The first kappa shape index (κ1) is 14.0. The third-order valence-electron chi connectivity index (χ3n) is 3.07. The summed E-state index contributed by atoms with van der Waals surface area (Å²) in [6, 6.07) is 11.8. The highest BCUT2D eigenvalue weighted by Crippen LogP contribution is 2.22. The van der Waals surface area contributed by atoms with Crippen molar-refractivity contribution in [1.29, 1.82) is 0 Å². The molecule has 0 radical (unpaired) electrons. The number of benzene rings is 1. The molecule has 0 spiro atoms. The van der Waals surface area contributed by atoms with Gasteiger partial charge >= 0.3 is 7.12 Å². The summed E-state index contributed by atoms with van der Waals surface area (Å²) in [5, 5.41) is 27.9. The van der Waals surface area contributed by atoms with E-state index < -0.39 is 7.12 Å². The fourth-order valence-corrected chi connectivity index (χ4v) is 2.79. The number of aryl methyl sites for hydroxylation is 2. The lowest BCUT2D eigenvalue weighted by atomic mass is 9.83.